The topological polar surface area (TPSA) is 145 Å². The number of aliphatic hydroxyl groups is 1. The Kier molecular flexibility index (Phi) is 7.54. The number of hydrogen-bond donors (Lipinski definition) is 5. The van der Waals surface area contributed by atoms with Gasteiger partial charge in [0.2, 0.25) is 0 Å². The fraction of sp³-hybridized carbons (Fsp3) is 0.400. The van der Waals surface area contributed by atoms with Gasteiger partial charge in [0, 0.05) is 18.3 Å². The Labute approximate surface area is 174 Å². The lowest BCUT2D eigenvalue weighted by Gasteiger charge is -2.19. The number of aromatic nitrogens is 2. The standard InChI is InChI=1S/C20H27N5O5/c1-12(10-26)24-17(27)15-16(23-11-22-15)18(28)25-14-7-5-13(6-8-14)9-21-19(29)30-20(2,3)4/h5-8,11-12,26H,9-10H2,1-4H3,(H,21,29)(H,22,23)(H,24,27)(H,25,28)/t12-/m0/s1. The van der Waals surface area contributed by atoms with E-state index in [9.17, 15) is 14.4 Å². The van der Waals surface area contributed by atoms with Crippen LogP contribution in [0, 0.1) is 0 Å². The van der Waals surface area contributed by atoms with E-state index in [0.29, 0.717) is 5.69 Å². The summed E-state index contributed by atoms with van der Waals surface area (Å²) in [6.07, 6.45) is 0.735. The van der Waals surface area contributed by atoms with Crippen LogP contribution in [-0.2, 0) is 11.3 Å². The van der Waals surface area contributed by atoms with Crippen molar-refractivity contribution in [3.8, 4) is 0 Å². The van der Waals surface area contributed by atoms with Crippen LogP contribution in [0.25, 0.3) is 0 Å². The Hall–Kier alpha value is -3.40. The lowest BCUT2D eigenvalue weighted by Crippen LogP contribution is -2.36. The van der Waals surface area contributed by atoms with Gasteiger partial charge in [-0.05, 0) is 45.4 Å². The van der Waals surface area contributed by atoms with Crippen molar-refractivity contribution in [2.24, 2.45) is 0 Å². The predicted octanol–water partition coefficient (Wildman–Crippen LogP) is 1.80. The van der Waals surface area contributed by atoms with Crippen molar-refractivity contribution in [1.29, 1.82) is 0 Å². The largest absolute Gasteiger partial charge is 0.444 e. The number of hydrogen-bond acceptors (Lipinski definition) is 6. The van der Waals surface area contributed by atoms with Gasteiger partial charge in [-0.25, -0.2) is 9.78 Å². The smallest absolute Gasteiger partial charge is 0.407 e. The van der Waals surface area contributed by atoms with Crippen molar-refractivity contribution in [2.75, 3.05) is 11.9 Å². The Bertz CT molecular complexity index is 886. The van der Waals surface area contributed by atoms with Gasteiger partial charge in [-0.3, -0.25) is 9.59 Å². The zero-order valence-electron chi connectivity index (χ0n) is 17.4. The average Bonchev–Trinajstić information content (AvgIpc) is 3.16. The van der Waals surface area contributed by atoms with E-state index in [0.717, 1.165) is 5.56 Å². The highest BCUT2D eigenvalue weighted by Crippen LogP contribution is 2.13. The zero-order valence-corrected chi connectivity index (χ0v) is 17.4. The van der Waals surface area contributed by atoms with Gasteiger partial charge in [-0.15, -0.1) is 0 Å². The van der Waals surface area contributed by atoms with E-state index in [2.05, 4.69) is 25.9 Å². The number of imidazole rings is 1. The molecule has 1 aromatic carbocycles. The Morgan fingerprint density at radius 2 is 1.83 bits per heavy atom. The van der Waals surface area contributed by atoms with Gasteiger partial charge in [0.05, 0.1) is 12.9 Å². The molecule has 0 bridgehead atoms. The summed E-state index contributed by atoms with van der Waals surface area (Å²) in [4.78, 5) is 42.9. The molecule has 2 rings (SSSR count). The number of ether oxygens (including phenoxy) is 1. The number of amides is 3. The fourth-order valence-corrected chi connectivity index (χ4v) is 2.37. The van der Waals surface area contributed by atoms with E-state index in [4.69, 9.17) is 9.84 Å². The van der Waals surface area contributed by atoms with Gasteiger partial charge < -0.3 is 30.8 Å². The molecule has 0 saturated carbocycles. The molecule has 0 aliphatic rings. The first-order valence-corrected chi connectivity index (χ1v) is 9.41. The number of H-pyrrole nitrogens is 1. The summed E-state index contributed by atoms with van der Waals surface area (Å²) >= 11 is 0. The molecule has 10 nitrogen and oxygen atoms in total. The molecule has 30 heavy (non-hydrogen) atoms. The molecule has 0 aliphatic carbocycles. The maximum absolute atomic E-state index is 12.5. The fourth-order valence-electron chi connectivity index (χ4n) is 2.37. The number of benzene rings is 1. The second-order valence-corrected chi connectivity index (χ2v) is 7.69. The van der Waals surface area contributed by atoms with Crippen LogP contribution in [0.15, 0.2) is 30.6 Å². The summed E-state index contributed by atoms with van der Waals surface area (Å²) in [6, 6.07) is 6.37. The SMILES string of the molecule is C[C@@H](CO)NC(=O)c1[nH]cnc1C(=O)Nc1ccc(CNC(=O)OC(C)(C)C)cc1. The molecule has 0 spiro atoms. The number of aromatic amines is 1. The molecule has 0 aliphatic heterocycles. The van der Waals surface area contributed by atoms with Gasteiger partial charge in [0.1, 0.15) is 11.3 Å². The summed E-state index contributed by atoms with van der Waals surface area (Å²) in [5.41, 5.74) is 0.686. The van der Waals surface area contributed by atoms with Crippen LogP contribution in [0.3, 0.4) is 0 Å². The quantitative estimate of drug-likeness (QED) is 0.464. The summed E-state index contributed by atoms with van der Waals surface area (Å²) in [5.74, 6) is -1.10. The molecule has 1 aromatic heterocycles. The Balaban J connectivity index is 1.95. The highest BCUT2D eigenvalue weighted by molar-refractivity contribution is 6.10. The first kappa shape index (κ1) is 22.9. The van der Waals surface area contributed by atoms with Crippen molar-refractivity contribution < 1.29 is 24.2 Å². The number of rotatable bonds is 7. The summed E-state index contributed by atoms with van der Waals surface area (Å²) in [6.45, 7) is 7.03. The third kappa shape index (κ3) is 6.89. The van der Waals surface area contributed by atoms with E-state index in [1.54, 1.807) is 52.0 Å². The number of nitrogens with one attached hydrogen (secondary N) is 4. The first-order valence-electron chi connectivity index (χ1n) is 9.41. The molecule has 10 heteroatoms. The summed E-state index contributed by atoms with van der Waals surface area (Å²) < 4.78 is 5.18. The monoisotopic (exact) mass is 417 g/mol. The summed E-state index contributed by atoms with van der Waals surface area (Å²) in [7, 11) is 0. The Morgan fingerprint density at radius 3 is 2.43 bits per heavy atom. The van der Waals surface area contributed by atoms with Crippen molar-refractivity contribution >= 4 is 23.6 Å². The third-order valence-electron chi connectivity index (χ3n) is 3.78. The number of nitrogens with zero attached hydrogens (tertiary/aromatic N) is 1. The van der Waals surface area contributed by atoms with Crippen LogP contribution in [0.1, 0.15) is 54.2 Å². The van der Waals surface area contributed by atoms with Crippen molar-refractivity contribution in [3.63, 3.8) is 0 Å². The highest BCUT2D eigenvalue weighted by Gasteiger charge is 2.21. The lowest BCUT2D eigenvalue weighted by molar-refractivity contribution is 0.0523. The molecule has 1 atom stereocenters. The van der Waals surface area contributed by atoms with E-state index in [1.807, 2.05) is 0 Å². The second kappa shape index (κ2) is 9.88. The minimum absolute atomic E-state index is 0.00554. The van der Waals surface area contributed by atoms with Crippen LogP contribution in [-0.4, -0.2) is 51.2 Å². The molecule has 3 amide bonds. The summed E-state index contributed by atoms with van der Waals surface area (Å²) in [5, 5.41) is 16.9. The zero-order chi connectivity index (χ0) is 22.3. The molecule has 1 heterocycles. The normalized spacial score (nSPS) is 12.0. The lowest BCUT2D eigenvalue weighted by atomic mass is 10.2. The van der Waals surface area contributed by atoms with Crippen LogP contribution < -0.4 is 16.0 Å². The average molecular weight is 417 g/mol. The molecule has 162 valence electrons. The number of alkyl carbamates (subject to hydrolysis) is 1. The molecule has 0 fully saturated rings. The van der Waals surface area contributed by atoms with Gasteiger partial charge in [-0.1, -0.05) is 12.1 Å². The van der Waals surface area contributed by atoms with Crippen molar-refractivity contribution in [2.45, 2.75) is 45.9 Å². The van der Waals surface area contributed by atoms with E-state index < -0.39 is 29.6 Å². The molecule has 0 saturated heterocycles. The van der Waals surface area contributed by atoms with Crippen molar-refractivity contribution in [1.82, 2.24) is 20.6 Å². The van der Waals surface area contributed by atoms with Gasteiger partial charge in [-0.2, -0.15) is 0 Å². The Morgan fingerprint density at radius 1 is 1.17 bits per heavy atom. The van der Waals surface area contributed by atoms with E-state index >= 15 is 0 Å². The predicted molar refractivity (Wildman–Crippen MR) is 110 cm³/mol. The second-order valence-electron chi connectivity index (χ2n) is 7.69. The molecular weight excluding hydrogens is 390 g/mol. The van der Waals surface area contributed by atoms with Gasteiger partial charge >= 0.3 is 6.09 Å². The van der Waals surface area contributed by atoms with Crippen LogP contribution in [0.2, 0.25) is 0 Å². The number of aliphatic hydroxyl groups excluding tert-OH is 1. The molecule has 0 radical (unpaired) electrons. The van der Waals surface area contributed by atoms with E-state index in [1.165, 1.54) is 6.33 Å². The minimum Gasteiger partial charge on any atom is -0.444 e. The maximum atomic E-state index is 12.5. The molecule has 5 N–H and O–H groups in total. The number of anilines is 1. The maximum Gasteiger partial charge on any atom is 0.407 e. The minimum atomic E-state index is -0.573. The van der Waals surface area contributed by atoms with Crippen LogP contribution >= 0.6 is 0 Å². The molecular formula is C20H27N5O5. The van der Waals surface area contributed by atoms with Crippen LogP contribution in [0.5, 0.6) is 0 Å². The number of carbonyl (C=O) groups is 3. The molecule has 2 aromatic rings. The van der Waals surface area contributed by atoms with Gasteiger partial charge in [0.15, 0.2) is 5.69 Å². The van der Waals surface area contributed by atoms with Crippen LogP contribution in [0.4, 0.5) is 10.5 Å². The van der Waals surface area contributed by atoms with E-state index in [-0.39, 0.29) is 24.5 Å². The van der Waals surface area contributed by atoms with Crippen molar-refractivity contribution in [3.05, 3.63) is 47.5 Å². The third-order valence-corrected chi connectivity index (χ3v) is 3.78. The first-order chi connectivity index (χ1) is 14.1. The molecule has 0 unspecified atom stereocenters. The highest BCUT2D eigenvalue weighted by atomic mass is 16.6. The number of carbonyl (C=O) groups excluding carboxylic acids is 3. The van der Waals surface area contributed by atoms with Gasteiger partial charge in [0.25, 0.3) is 11.8 Å².